The minimum atomic E-state index is -3.69. The number of imide groups is 1. The van der Waals surface area contributed by atoms with E-state index in [0.29, 0.717) is 90.2 Å². The van der Waals surface area contributed by atoms with Crippen LogP contribution in [0.3, 0.4) is 0 Å². The predicted molar refractivity (Wildman–Crippen MR) is 271 cm³/mol. The van der Waals surface area contributed by atoms with E-state index in [-0.39, 0.29) is 83.4 Å². The molecular formula is C50H58ClN7O12S2. The van der Waals surface area contributed by atoms with Gasteiger partial charge in [-0.1, -0.05) is 48.4 Å². The van der Waals surface area contributed by atoms with Crippen LogP contribution in [-0.4, -0.2) is 115 Å². The number of halogens is 1. The van der Waals surface area contributed by atoms with Gasteiger partial charge in [0.05, 0.1) is 17.2 Å². The number of ether oxygens (including phenoxy) is 2. The standard InChI is InChI=1S/C50H58ClN7O12S2/c1-50(2,3)70-49(66)46-44(69-28-42(62)63)43(51)45(71-46)31-11-8-13-34(25-31)54-32-19-22-57(23-20-32)72(67,68)29-30-10-7-12-33(24-30)55-39(59)16-5-4-6-21-52-41(61)26-53-37-15-9-14-35-36(37)27-58(48(35)65)38-17-18-40(60)56-47(38)64/h7-15,24-25,32,38,53-54H,4-6,16-23,26-29H2,1-3H3,(H,52,61)(H,55,59)(H,62,63)(H,56,60,64). The summed E-state index contributed by atoms with van der Waals surface area (Å²) in [6.45, 7) is 5.59. The summed E-state index contributed by atoms with van der Waals surface area (Å²) < 4.78 is 39.6. The van der Waals surface area contributed by atoms with Crippen molar-refractivity contribution in [3.05, 3.63) is 93.3 Å². The lowest BCUT2D eigenvalue weighted by Gasteiger charge is -2.32. The van der Waals surface area contributed by atoms with Crippen LogP contribution in [-0.2, 0) is 51.0 Å². The van der Waals surface area contributed by atoms with Gasteiger partial charge < -0.3 is 40.7 Å². The van der Waals surface area contributed by atoms with Gasteiger partial charge in [0, 0.05) is 73.3 Å². The molecule has 1 unspecified atom stereocenters. The molecule has 22 heteroatoms. The Bertz CT molecular complexity index is 2840. The van der Waals surface area contributed by atoms with E-state index >= 15 is 0 Å². The number of thiophene rings is 1. The van der Waals surface area contributed by atoms with E-state index in [1.807, 2.05) is 18.2 Å². The van der Waals surface area contributed by atoms with Crippen LogP contribution in [0, 0.1) is 0 Å². The van der Waals surface area contributed by atoms with Gasteiger partial charge >= 0.3 is 11.9 Å². The molecule has 0 bridgehead atoms. The Balaban J connectivity index is 0.810. The van der Waals surface area contributed by atoms with E-state index in [4.69, 9.17) is 21.1 Å². The van der Waals surface area contributed by atoms with Gasteiger partial charge in [0.2, 0.25) is 33.7 Å². The minimum absolute atomic E-state index is 0.0334. The third kappa shape index (κ3) is 13.9. The number of carboxylic acid groups (broad SMARTS) is 1. The second-order valence-electron chi connectivity index (χ2n) is 18.7. The lowest BCUT2D eigenvalue weighted by molar-refractivity contribution is -0.139. The number of carboxylic acids is 1. The fraction of sp³-hybridized carbons (Fsp3) is 0.420. The molecule has 0 spiro atoms. The summed E-state index contributed by atoms with van der Waals surface area (Å²) in [6, 6.07) is 18.5. The van der Waals surface area contributed by atoms with Crippen LogP contribution in [0.1, 0.15) is 103 Å². The molecule has 19 nitrogen and oxygen atoms in total. The molecule has 384 valence electrons. The van der Waals surface area contributed by atoms with Gasteiger partial charge in [0.15, 0.2) is 17.2 Å². The van der Waals surface area contributed by atoms with Gasteiger partial charge in [0.25, 0.3) is 5.91 Å². The van der Waals surface area contributed by atoms with Crippen molar-refractivity contribution in [1.29, 1.82) is 0 Å². The number of nitrogens with one attached hydrogen (secondary N) is 5. The van der Waals surface area contributed by atoms with Crippen LogP contribution in [0.15, 0.2) is 66.7 Å². The maximum Gasteiger partial charge on any atom is 0.352 e. The Morgan fingerprint density at radius 2 is 1.65 bits per heavy atom. The van der Waals surface area contributed by atoms with E-state index in [1.54, 1.807) is 69.3 Å². The maximum atomic E-state index is 13.6. The Hall–Kier alpha value is -6.55. The number of carbonyl (C=O) groups is 7. The Morgan fingerprint density at radius 3 is 2.39 bits per heavy atom. The van der Waals surface area contributed by atoms with Crippen LogP contribution in [0.2, 0.25) is 5.02 Å². The van der Waals surface area contributed by atoms with Crippen molar-refractivity contribution < 1.29 is 56.6 Å². The van der Waals surface area contributed by atoms with Crippen molar-refractivity contribution in [1.82, 2.24) is 19.8 Å². The molecule has 3 aromatic carbocycles. The molecule has 0 saturated carbocycles. The third-order valence-corrected chi connectivity index (χ3v) is 15.6. The molecule has 1 aromatic heterocycles. The first-order chi connectivity index (χ1) is 34.2. The SMILES string of the molecule is CC(C)(C)OC(=O)c1sc(-c2cccc(NC3CCN(S(=O)(=O)Cc4cccc(NC(=O)CCCCCNC(=O)CNc5cccc6c5CN(C5CCC(=O)NC5=O)C6=O)c4)CC3)c2)c(Cl)c1OCC(=O)O. The third-order valence-electron chi connectivity index (χ3n) is 12.1. The molecule has 1 atom stereocenters. The van der Waals surface area contributed by atoms with Gasteiger partial charge in [-0.3, -0.25) is 29.3 Å². The van der Waals surface area contributed by atoms with E-state index in [0.717, 1.165) is 17.0 Å². The number of esters is 1. The number of amides is 5. The van der Waals surface area contributed by atoms with Crippen molar-refractivity contribution in [2.45, 2.75) is 102 Å². The second kappa shape index (κ2) is 23.3. The number of rotatable bonds is 21. The number of benzene rings is 3. The summed E-state index contributed by atoms with van der Waals surface area (Å²) >= 11 is 7.74. The molecule has 0 aliphatic carbocycles. The van der Waals surface area contributed by atoms with Crippen molar-refractivity contribution in [3.63, 3.8) is 0 Å². The number of hydrogen-bond donors (Lipinski definition) is 6. The van der Waals surface area contributed by atoms with Crippen LogP contribution in [0.4, 0.5) is 17.1 Å². The topological polar surface area (TPSA) is 259 Å². The number of anilines is 3. The van der Waals surface area contributed by atoms with E-state index in [9.17, 15) is 47.1 Å². The first kappa shape index (κ1) is 53.3. The lowest BCUT2D eigenvalue weighted by Crippen LogP contribution is -2.52. The molecule has 6 N–H and O–H groups in total. The quantitative estimate of drug-likeness (QED) is 0.0301. The largest absolute Gasteiger partial charge is 0.479 e. The summed E-state index contributed by atoms with van der Waals surface area (Å²) in [4.78, 5) is 89.0. The zero-order chi connectivity index (χ0) is 51.7. The van der Waals surface area contributed by atoms with Crippen molar-refractivity contribution in [2.24, 2.45) is 0 Å². The zero-order valence-corrected chi connectivity index (χ0v) is 42.5. The number of hydrogen-bond acceptors (Lipinski definition) is 14. The molecule has 4 aromatic rings. The number of sulfonamides is 1. The molecule has 2 fully saturated rings. The maximum absolute atomic E-state index is 13.6. The molecule has 7 rings (SSSR count). The Kier molecular flexibility index (Phi) is 17.3. The number of piperidine rings is 2. The highest BCUT2D eigenvalue weighted by Crippen LogP contribution is 2.46. The molecule has 0 radical (unpaired) electrons. The average molecular weight is 1050 g/mol. The summed E-state index contributed by atoms with van der Waals surface area (Å²) in [7, 11) is -3.69. The number of unbranched alkanes of at least 4 members (excludes halogenated alkanes) is 2. The number of carbonyl (C=O) groups excluding carboxylic acids is 6. The molecule has 2 saturated heterocycles. The predicted octanol–water partition coefficient (Wildman–Crippen LogP) is 6.38. The smallest absolute Gasteiger partial charge is 0.352 e. The van der Waals surface area contributed by atoms with Crippen LogP contribution in [0.5, 0.6) is 5.75 Å². The van der Waals surface area contributed by atoms with E-state index in [1.165, 1.54) is 9.21 Å². The first-order valence-electron chi connectivity index (χ1n) is 23.7. The summed E-state index contributed by atoms with van der Waals surface area (Å²) in [6.07, 6.45) is 3.62. The van der Waals surface area contributed by atoms with Gasteiger partial charge in [-0.15, -0.1) is 11.3 Å². The van der Waals surface area contributed by atoms with Gasteiger partial charge in [-0.05, 0) is 100 Å². The highest BCUT2D eigenvalue weighted by Gasteiger charge is 2.40. The molecule has 3 aliphatic rings. The second-order valence-corrected chi connectivity index (χ2v) is 22.1. The number of nitrogens with zero attached hydrogens (tertiary/aromatic N) is 2. The molecule has 4 heterocycles. The van der Waals surface area contributed by atoms with Gasteiger partial charge in [-0.2, -0.15) is 0 Å². The van der Waals surface area contributed by atoms with Crippen LogP contribution < -0.4 is 31.3 Å². The minimum Gasteiger partial charge on any atom is -0.479 e. The van der Waals surface area contributed by atoms with Crippen LogP contribution in [0.25, 0.3) is 10.4 Å². The first-order valence-corrected chi connectivity index (χ1v) is 26.5. The monoisotopic (exact) mass is 1050 g/mol. The summed E-state index contributed by atoms with van der Waals surface area (Å²) in [5.74, 6) is -3.83. The Labute approximate surface area is 426 Å². The molecular weight excluding hydrogens is 990 g/mol. The average Bonchev–Trinajstić information content (AvgIpc) is 3.84. The number of fused-ring (bicyclic) bond motifs is 1. The molecule has 72 heavy (non-hydrogen) atoms. The van der Waals surface area contributed by atoms with E-state index in [2.05, 4.69) is 26.6 Å². The fourth-order valence-corrected chi connectivity index (χ4v) is 11.6. The van der Waals surface area contributed by atoms with Crippen LogP contribution >= 0.6 is 22.9 Å². The van der Waals surface area contributed by atoms with Crippen molar-refractivity contribution >= 4 is 91.5 Å². The normalized spacial score (nSPS) is 16.4. The molecule has 3 aliphatic heterocycles. The van der Waals surface area contributed by atoms with E-state index < -0.39 is 46.1 Å². The number of aliphatic carboxylic acids is 1. The summed E-state index contributed by atoms with van der Waals surface area (Å²) in [5.41, 5.74) is 3.36. The summed E-state index contributed by atoms with van der Waals surface area (Å²) in [5, 5.41) is 23.9. The Morgan fingerprint density at radius 1 is 0.917 bits per heavy atom. The van der Waals surface area contributed by atoms with Gasteiger partial charge in [0.1, 0.15) is 16.7 Å². The lowest BCUT2D eigenvalue weighted by atomic mass is 10.0. The highest BCUT2D eigenvalue weighted by atomic mass is 35.5. The van der Waals surface area contributed by atoms with Gasteiger partial charge in [-0.25, -0.2) is 22.3 Å². The fourth-order valence-electron chi connectivity index (χ4n) is 8.64. The van der Waals surface area contributed by atoms with Crippen molar-refractivity contribution in [2.75, 3.05) is 48.7 Å². The zero-order valence-electron chi connectivity index (χ0n) is 40.1. The highest BCUT2D eigenvalue weighted by molar-refractivity contribution is 7.88. The van der Waals surface area contributed by atoms with Crippen molar-refractivity contribution in [3.8, 4) is 16.2 Å². The molecule has 5 amide bonds.